The maximum absolute atomic E-state index is 13.6. The van der Waals surface area contributed by atoms with Gasteiger partial charge in [-0.3, -0.25) is 0 Å². The molecule has 2 aliphatic carbocycles. The highest BCUT2D eigenvalue weighted by Gasteiger charge is 2.42. The normalized spacial score (nSPS) is 23.9. The molecule has 242 valence electrons. The molecular weight excluding hydrogens is 638 g/mol. The van der Waals surface area contributed by atoms with Crippen molar-refractivity contribution in [2.24, 2.45) is 17.8 Å². The lowest BCUT2D eigenvalue weighted by molar-refractivity contribution is 0.0730. The van der Waals surface area contributed by atoms with Gasteiger partial charge in [0.2, 0.25) is 10.0 Å². The van der Waals surface area contributed by atoms with E-state index in [1.807, 2.05) is 28.8 Å². The van der Waals surface area contributed by atoms with E-state index in [1.54, 1.807) is 12.1 Å². The van der Waals surface area contributed by atoms with E-state index in [0.29, 0.717) is 42.2 Å². The van der Waals surface area contributed by atoms with Crippen LogP contribution >= 0.6 is 23.8 Å². The Hall–Kier alpha value is -2.76. The number of aryl methyl sites for hydroxylation is 2. The first-order valence-corrected chi connectivity index (χ1v) is 18.9. The van der Waals surface area contributed by atoms with E-state index in [0.717, 1.165) is 71.5 Å². The van der Waals surface area contributed by atoms with E-state index < -0.39 is 10.0 Å². The van der Waals surface area contributed by atoms with Crippen molar-refractivity contribution in [2.75, 3.05) is 26.3 Å². The van der Waals surface area contributed by atoms with E-state index in [2.05, 4.69) is 28.9 Å². The molecule has 2 aliphatic heterocycles. The van der Waals surface area contributed by atoms with Gasteiger partial charge < -0.3 is 14.6 Å². The van der Waals surface area contributed by atoms with E-state index >= 15 is 0 Å². The maximum atomic E-state index is 13.6. The summed E-state index contributed by atoms with van der Waals surface area (Å²) in [7, 11) is -3.66. The third-order valence-corrected chi connectivity index (χ3v) is 13.3. The first kappa shape index (κ1) is 30.6. The Morgan fingerprint density at radius 1 is 1.04 bits per heavy atom. The number of aromatic nitrogens is 3. The minimum Gasteiger partial charge on any atom is -0.379 e. The molecule has 11 heteroatoms. The molecule has 2 aromatic carbocycles. The molecule has 3 fully saturated rings. The number of halogens is 1. The Bertz CT molecular complexity index is 1910. The van der Waals surface area contributed by atoms with Crippen molar-refractivity contribution in [3.8, 4) is 22.5 Å². The van der Waals surface area contributed by atoms with Gasteiger partial charge in [-0.05, 0) is 93.0 Å². The number of morpholine rings is 1. The van der Waals surface area contributed by atoms with Crippen LogP contribution in [0.25, 0.3) is 28.2 Å². The van der Waals surface area contributed by atoms with Crippen LogP contribution in [0.15, 0.2) is 53.4 Å². The van der Waals surface area contributed by atoms with Crippen molar-refractivity contribution < 1.29 is 13.2 Å². The van der Waals surface area contributed by atoms with E-state index in [1.165, 1.54) is 35.6 Å². The number of ether oxygens (including phenoxy) is 1. The number of sulfonamides is 1. The van der Waals surface area contributed by atoms with Crippen LogP contribution in [0.1, 0.15) is 56.7 Å². The van der Waals surface area contributed by atoms with Crippen molar-refractivity contribution in [3.05, 3.63) is 64.8 Å². The van der Waals surface area contributed by atoms with Crippen LogP contribution in [0, 0.1) is 17.8 Å². The van der Waals surface area contributed by atoms with Gasteiger partial charge in [-0.15, -0.1) is 5.10 Å². The molecule has 1 saturated heterocycles. The highest BCUT2D eigenvalue weighted by Crippen LogP contribution is 2.49. The molecule has 2 bridgehead atoms. The van der Waals surface area contributed by atoms with Crippen LogP contribution in [0.4, 0.5) is 0 Å². The predicted molar refractivity (Wildman–Crippen MR) is 185 cm³/mol. The van der Waals surface area contributed by atoms with Crippen LogP contribution in [0.3, 0.4) is 0 Å². The first-order chi connectivity index (χ1) is 22.3. The van der Waals surface area contributed by atoms with Crippen molar-refractivity contribution in [3.63, 3.8) is 0 Å². The lowest BCUT2D eigenvalue weighted by Gasteiger charge is -2.29. The number of nitrogens with one attached hydrogen (secondary N) is 1. The van der Waals surface area contributed by atoms with Crippen molar-refractivity contribution >= 4 is 44.5 Å². The predicted octanol–water partition coefficient (Wildman–Crippen LogP) is 6.57. The molecule has 4 heterocycles. The van der Waals surface area contributed by atoms with Gasteiger partial charge in [-0.25, -0.2) is 12.9 Å². The number of fused-ring (bicyclic) bond motifs is 2. The van der Waals surface area contributed by atoms with Gasteiger partial charge in [0.1, 0.15) is 16.3 Å². The van der Waals surface area contributed by atoms with Crippen LogP contribution in [0.2, 0.25) is 5.02 Å². The zero-order valence-corrected chi connectivity index (χ0v) is 28.5. The molecule has 4 unspecified atom stereocenters. The maximum Gasteiger partial charge on any atom is 0.243 e. The molecule has 4 atom stereocenters. The van der Waals surface area contributed by atoms with Gasteiger partial charge in [0.15, 0.2) is 5.82 Å². The van der Waals surface area contributed by atoms with E-state index in [-0.39, 0.29) is 10.9 Å². The van der Waals surface area contributed by atoms with Crippen molar-refractivity contribution in [1.29, 1.82) is 0 Å². The number of hydrogen-bond acceptors (Lipinski definition) is 5. The van der Waals surface area contributed by atoms with Gasteiger partial charge >= 0.3 is 0 Å². The quantitative estimate of drug-likeness (QED) is 0.223. The molecule has 46 heavy (non-hydrogen) atoms. The molecule has 8 rings (SSSR count). The Morgan fingerprint density at radius 2 is 1.85 bits per heavy atom. The zero-order valence-electron chi connectivity index (χ0n) is 26.1. The molecule has 0 radical (unpaired) electrons. The Morgan fingerprint density at radius 3 is 2.59 bits per heavy atom. The molecular formula is C35H40ClN5O3S2. The summed E-state index contributed by atoms with van der Waals surface area (Å²) in [5.74, 6) is 3.04. The summed E-state index contributed by atoms with van der Waals surface area (Å²) in [6.07, 6.45) is 8.28. The fourth-order valence-corrected chi connectivity index (χ4v) is 10.6. The summed E-state index contributed by atoms with van der Waals surface area (Å²) < 4.78 is 38.4. The monoisotopic (exact) mass is 677 g/mol. The van der Waals surface area contributed by atoms with Crippen LogP contribution < -0.4 is 5.32 Å². The third kappa shape index (κ3) is 5.21. The average molecular weight is 678 g/mol. The highest BCUT2D eigenvalue weighted by atomic mass is 35.5. The topological polar surface area (TPSA) is 80.9 Å². The summed E-state index contributed by atoms with van der Waals surface area (Å²) in [6, 6.07) is 15.5. The van der Waals surface area contributed by atoms with Gasteiger partial charge in [0.25, 0.3) is 0 Å². The summed E-state index contributed by atoms with van der Waals surface area (Å²) in [6.45, 7) is 4.61. The molecule has 4 aromatic rings. The number of rotatable bonds is 7. The Balaban J connectivity index is 1.25. The van der Waals surface area contributed by atoms with Gasteiger partial charge in [-0.1, -0.05) is 54.5 Å². The molecule has 1 N–H and O–H groups in total. The summed E-state index contributed by atoms with van der Waals surface area (Å²) >= 11 is 12.6. The lowest BCUT2D eigenvalue weighted by Crippen LogP contribution is -2.40. The minimum absolute atomic E-state index is 0.270. The standard InChI is InChI=1S/C35H40ClN5O3S2/c1-22(30-20-23-8-9-25(30)19-23)37-34(45)32-31(24-10-12-27(36)13-11-24)29-7-2-3-14-40-33(38-41(32)35(29)40)26-5-4-6-28(21-26)46(42,43)39-15-17-44-18-16-39/h4-6,10-13,21-23,25,30H,2-3,7-9,14-20H2,1H3,(H,37,45). The number of benzene rings is 2. The van der Waals surface area contributed by atoms with Crippen molar-refractivity contribution in [2.45, 2.75) is 69.4 Å². The molecule has 0 amide bonds. The third-order valence-electron chi connectivity index (χ3n) is 10.8. The van der Waals surface area contributed by atoms with Gasteiger partial charge in [-0.2, -0.15) is 4.31 Å². The van der Waals surface area contributed by atoms with Crippen LogP contribution in [0.5, 0.6) is 0 Å². The summed E-state index contributed by atoms with van der Waals surface area (Å²) in [5, 5.41) is 9.74. The number of nitrogens with zero attached hydrogens (tertiary/aromatic N) is 4. The molecule has 2 aromatic heterocycles. The van der Waals surface area contributed by atoms with Crippen LogP contribution in [-0.4, -0.2) is 64.2 Å². The van der Waals surface area contributed by atoms with Gasteiger partial charge in [0, 0.05) is 47.4 Å². The second kappa shape index (κ2) is 12.0. The SMILES string of the molecule is CC(NC(=S)c1c(-c2ccc(Cl)cc2)c2c3n(c(-c4cccc(S(=O)(=O)N5CCOCC5)c4)nn13)CCCC2)C1CC2CCC1C2. The highest BCUT2D eigenvalue weighted by molar-refractivity contribution is 7.89. The zero-order chi connectivity index (χ0) is 31.6. The smallest absolute Gasteiger partial charge is 0.243 e. The molecule has 2 saturated carbocycles. The Labute approximate surface area is 281 Å². The fraction of sp³-hybridized carbons (Fsp3) is 0.486. The Kier molecular flexibility index (Phi) is 8.00. The largest absolute Gasteiger partial charge is 0.379 e. The number of thiocarbonyl (C=S) groups is 1. The summed E-state index contributed by atoms with van der Waals surface area (Å²) in [4.78, 5) is 0.988. The molecule has 0 spiro atoms. The second-order valence-corrected chi connectivity index (χ2v) is 16.3. The molecule has 4 aliphatic rings. The average Bonchev–Trinajstić information content (AvgIpc) is 3.82. The molecule has 8 nitrogen and oxygen atoms in total. The lowest BCUT2D eigenvalue weighted by atomic mass is 9.84. The van der Waals surface area contributed by atoms with Gasteiger partial charge in [0.05, 0.1) is 18.1 Å². The fourth-order valence-electron chi connectivity index (χ4n) is 8.61. The first-order valence-electron chi connectivity index (χ1n) is 16.7. The van der Waals surface area contributed by atoms with E-state index in [4.69, 9.17) is 33.7 Å². The second-order valence-electron chi connectivity index (χ2n) is 13.5. The summed E-state index contributed by atoms with van der Waals surface area (Å²) in [5.41, 5.74) is 6.12. The minimum atomic E-state index is -3.66. The van der Waals surface area contributed by atoms with E-state index in [9.17, 15) is 8.42 Å². The number of hydrogen-bond donors (Lipinski definition) is 1. The van der Waals surface area contributed by atoms with Crippen molar-refractivity contribution in [1.82, 2.24) is 23.8 Å². The van der Waals surface area contributed by atoms with Crippen LogP contribution in [-0.2, 0) is 27.7 Å².